The summed E-state index contributed by atoms with van der Waals surface area (Å²) in [6, 6.07) is 1.96. The van der Waals surface area contributed by atoms with Crippen LogP contribution in [0.25, 0.3) is 10.9 Å². The number of likely N-dealkylation sites (tertiary alicyclic amines) is 1. The average molecular weight is 1260 g/mol. The van der Waals surface area contributed by atoms with Crippen molar-refractivity contribution in [3.63, 3.8) is 0 Å². The van der Waals surface area contributed by atoms with E-state index in [4.69, 9.17) is 5.73 Å². The van der Waals surface area contributed by atoms with Crippen LogP contribution in [0.3, 0.4) is 0 Å². The highest BCUT2D eigenvalue weighted by atomic mass is 16.4. The van der Waals surface area contributed by atoms with Crippen molar-refractivity contribution >= 4 is 82.0 Å². The summed E-state index contributed by atoms with van der Waals surface area (Å²) in [5, 5.41) is 61.5. The van der Waals surface area contributed by atoms with Crippen molar-refractivity contribution in [3.8, 4) is 0 Å². The number of para-hydroxylation sites is 1. The fourth-order valence-electron chi connectivity index (χ4n) is 10.5. The fourth-order valence-corrected chi connectivity index (χ4v) is 10.5. The van der Waals surface area contributed by atoms with E-state index in [-0.39, 0.29) is 68.7 Å². The summed E-state index contributed by atoms with van der Waals surface area (Å²) < 4.78 is 0. The van der Waals surface area contributed by atoms with Gasteiger partial charge in [-0.15, -0.1) is 0 Å². The van der Waals surface area contributed by atoms with Gasteiger partial charge in [-0.1, -0.05) is 110 Å². The number of hydrogen-bond donors (Lipinski definition) is 14. The van der Waals surface area contributed by atoms with Crippen molar-refractivity contribution in [3.05, 3.63) is 71.9 Å². The topological polar surface area (TPSA) is 427 Å². The van der Waals surface area contributed by atoms with Crippen LogP contribution in [0, 0.1) is 23.7 Å². The van der Waals surface area contributed by atoms with Gasteiger partial charge in [-0.3, -0.25) is 52.7 Å². The maximum Gasteiger partial charge on any atom is 0.326 e. The number of fused-ring (bicyclic) bond motifs is 1. The molecule has 27 heteroatoms. The average Bonchev–Trinajstić information content (AvgIpc) is 2.22. The molecular formula is C63H93N11O16. The third-order valence-corrected chi connectivity index (χ3v) is 15.7. The highest BCUT2D eigenvalue weighted by Gasteiger charge is 2.41. The molecule has 12 atom stereocenters. The van der Waals surface area contributed by atoms with Gasteiger partial charge in [-0.05, 0) is 92.7 Å². The van der Waals surface area contributed by atoms with Crippen LogP contribution in [0.2, 0.25) is 0 Å². The van der Waals surface area contributed by atoms with Crippen molar-refractivity contribution in [2.75, 3.05) is 6.54 Å². The number of benzene rings is 2. The minimum Gasteiger partial charge on any atom is -0.481 e. The highest BCUT2D eigenvalue weighted by molar-refractivity contribution is 5.99. The molecule has 0 aliphatic carbocycles. The second-order valence-corrected chi connectivity index (χ2v) is 24.6. The number of carbonyl (C=O) groups excluding carboxylic acids is 9. The molecule has 0 unspecified atom stereocenters. The fraction of sp³-hybridized carbons (Fsp3) is 0.587. The molecular weight excluding hydrogens is 1170 g/mol. The predicted molar refractivity (Wildman–Crippen MR) is 331 cm³/mol. The number of aliphatic hydroxyl groups is 1. The number of rotatable bonds is 37. The van der Waals surface area contributed by atoms with E-state index in [1.54, 1.807) is 102 Å². The van der Waals surface area contributed by atoms with Gasteiger partial charge in [0.05, 0.1) is 12.1 Å². The third kappa shape index (κ3) is 23.2. The zero-order valence-electron chi connectivity index (χ0n) is 52.8. The number of carbonyl (C=O) groups is 12. The number of amides is 9. The van der Waals surface area contributed by atoms with Crippen LogP contribution in [-0.4, -0.2) is 174 Å². The molecule has 9 amide bonds. The molecule has 2 aromatic carbocycles. The number of hydrogen-bond acceptors (Lipinski definition) is 14. The van der Waals surface area contributed by atoms with Crippen LogP contribution in [0.5, 0.6) is 0 Å². The Labute approximate surface area is 524 Å². The minimum absolute atomic E-state index is 0.0116. The number of carboxylic acid groups (broad SMARTS) is 3. The Bertz CT molecular complexity index is 2970. The maximum atomic E-state index is 14.4. The number of aliphatic carboxylic acids is 3. The molecule has 0 spiro atoms. The van der Waals surface area contributed by atoms with Gasteiger partial charge in [0, 0.05) is 49.3 Å². The monoisotopic (exact) mass is 1260 g/mol. The van der Waals surface area contributed by atoms with Crippen molar-refractivity contribution < 1.29 is 78.0 Å². The van der Waals surface area contributed by atoms with E-state index in [9.17, 15) is 78.0 Å². The smallest absolute Gasteiger partial charge is 0.326 e. The Morgan fingerprint density at radius 3 is 1.57 bits per heavy atom. The first-order valence-electron chi connectivity index (χ1n) is 30.8. The summed E-state index contributed by atoms with van der Waals surface area (Å²) in [6.07, 6.45) is -1.64. The van der Waals surface area contributed by atoms with Crippen LogP contribution in [-0.2, 0) is 70.4 Å². The van der Waals surface area contributed by atoms with E-state index in [0.717, 1.165) is 18.0 Å². The molecule has 1 saturated heterocycles. The molecule has 1 aliphatic heterocycles. The number of nitrogens with zero attached hydrogens (tertiary/aromatic N) is 1. The van der Waals surface area contributed by atoms with Gasteiger partial charge in [-0.25, -0.2) is 4.79 Å². The Morgan fingerprint density at radius 1 is 0.556 bits per heavy atom. The van der Waals surface area contributed by atoms with Crippen molar-refractivity contribution in [1.29, 1.82) is 0 Å². The highest BCUT2D eigenvalue weighted by Crippen LogP contribution is 2.23. The number of aromatic amines is 1. The Hall–Kier alpha value is -8.46. The molecule has 27 nitrogen and oxygen atoms in total. The molecule has 3 aromatic rings. The number of aromatic nitrogens is 1. The molecule has 4 rings (SSSR count). The second-order valence-electron chi connectivity index (χ2n) is 24.6. The zero-order valence-corrected chi connectivity index (χ0v) is 52.8. The summed E-state index contributed by atoms with van der Waals surface area (Å²) in [5.74, 6) is -13.1. The number of aliphatic hydroxyl groups excluding tert-OH is 1. The van der Waals surface area contributed by atoms with Gasteiger partial charge in [0.2, 0.25) is 53.2 Å². The van der Waals surface area contributed by atoms with Gasteiger partial charge >= 0.3 is 17.9 Å². The van der Waals surface area contributed by atoms with Gasteiger partial charge in [0.1, 0.15) is 54.4 Å². The van der Waals surface area contributed by atoms with E-state index in [1.807, 2.05) is 13.8 Å². The normalized spacial score (nSPS) is 16.8. The lowest BCUT2D eigenvalue weighted by molar-refractivity contribution is -0.143. The van der Waals surface area contributed by atoms with Crippen LogP contribution in [0.4, 0.5) is 0 Å². The SMILES string of the molecule is CC[C@H](C)[C@H](N)C(=O)N[C@@H](Cc1ccccc1)C(=O)N1CCC[C@H]1C(=O)N[C@@H](CC(C)C)C(=O)N[C@H](C(=O)N[C@@H](CCC(=O)O)C(=O)N[C@@H](CCC(=O)O)C(=O)N[C@@H](CC(C)C)C(=O)N[C@@H](Cc1c[nH]c2ccccc12)C(=O)N[C@@H](CC(C)C)C(=O)O)[C@@H](C)O. The first-order valence-corrected chi connectivity index (χ1v) is 30.8. The zero-order chi connectivity index (χ0) is 67.1. The maximum absolute atomic E-state index is 14.4. The van der Waals surface area contributed by atoms with E-state index in [1.165, 1.54) is 4.90 Å². The molecule has 0 saturated carbocycles. The summed E-state index contributed by atoms with van der Waals surface area (Å²) >= 11 is 0. The van der Waals surface area contributed by atoms with Crippen molar-refractivity contribution in [2.45, 2.75) is 206 Å². The molecule has 1 aliphatic rings. The summed E-state index contributed by atoms with van der Waals surface area (Å²) in [7, 11) is 0. The number of H-pyrrole nitrogens is 1. The van der Waals surface area contributed by atoms with E-state index >= 15 is 0 Å². The molecule has 90 heavy (non-hydrogen) atoms. The van der Waals surface area contributed by atoms with Gasteiger partial charge in [0.15, 0.2) is 0 Å². The first kappa shape index (κ1) is 74.0. The van der Waals surface area contributed by atoms with Gasteiger partial charge < -0.3 is 78.6 Å². The number of nitrogens with one attached hydrogen (secondary N) is 9. The van der Waals surface area contributed by atoms with E-state index < -0.39 is 163 Å². The number of carboxylic acids is 3. The van der Waals surface area contributed by atoms with Gasteiger partial charge in [-0.2, -0.15) is 0 Å². The number of nitrogens with two attached hydrogens (primary N) is 1. The Balaban J connectivity index is 1.57. The first-order chi connectivity index (χ1) is 42.4. The molecule has 0 radical (unpaired) electrons. The van der Waals surface area contributed by atoms with Crippen LogP contribution < -0.4 is 48.3 Å². The lowest BCUT2D eigenvalue weighted by atomic mass is 9.98. The molecule has 496 valence electrons. The molecule has 1 fully saturated rings. The Kier molecular flexibility index (Phi) is 29.3. The van der Waals surface area contributed by atoms with Crippen LogP contribution >= 0.6 is 0 Å². The lowest BCUT2D eigenvalue weighted by Gasteiger charge is -2.31. The lowest BCUT2D eigenvalue weighted by Crippen LogP contribution is -2.62. The predicted octanol–water partition coefficient (Wildman–Crippen LogP) is 1.53. The van der Waals surface area contributed by atoms with Crippen LogP contribution in [0.15, 0.2) is 60.8 Å². The molecule has 0 bridgehead atoms. The van der Waals surface area contributed by atoms with E-state index in [2.05, 4.69) is 47.5 Å². The molecule has 2 heterocycles. The molecule has 1 aromatic heterocycles. The molecule has 15 N–H and O–H groups in total. The third-order valence-electron chi connectivity index (χ3n) is 15.7. The minimum atomic E-state index is -1.87. The van der Waals surface area contributed by atoms with Crippen molar-refractivity contribution in [2.24, 2.45) is 29.4 Å². The van der Waals surface area contributed by atoms with Gasteiger partial charge in [0.25, 0.3) is 0 Å². The van der Waals surface area contributed by atoms with Crippen LogP contribution in [0.1, 0.15) is 138 Å². The Morgan fingerprint density at radius 2 is 1.02 bits per heavy atom. The summed E-state index contributed by atoms with van der Waals surface area (Å²) in [4.78, 5) is 168. The largest absolute Gasteiger partial charge is 0.481 e. The second kappa shape index (κ2) is 35.7. The standard InChI is InChI=1S/C63H93N11O16/c1-10-36(8)52(64)60(86)71-47(30-38-17-12-11-13-18-38)62(88)74-26-16-21-49(74)59(85)70-45(28-34(4)5)58(84)73-53(37(9)75)61(87)67-43(23-25-51(78)79)54(80)66-42(22-24-50(76)77)55(81)68-44(27-33(2)3)56(82)69-46(57(83)72-48(63(89)90)29-35(6)7)31-39-32-65-41-20-15-14-19-40(39)41/h11-15,17-20,32-37,42-49,52-53,65,75H,10,16,21-31,64H2,1-9H3,(H,66,80)(H,67,87)(H,68,81)(H,69,82)(H,70,85)(H,71,86)(H,72,83)(H,73,84)(H,76,77)(H,78,79)(H,89,90)/t36-,37+,42-,43-,44-,45-,46-,47-,48-,49-,52-,53-/m0/s1. The summed E-state index contributed by atoms with van der Waals surface area (Å²) in [5.41, 5.74) is 8.30. The van der Waals surface area contributed by atoms with E-state index in [0.29, 0.717) is 23.8 Å². The quantitative estimate of drug-likeness (QED) is 0.0389. The van der Waals surface area contributed by atoms with Crippen molar-refractivity contribution in [1.82, 2.24) is 52.4 Å². The summed E-state index contributed by atoms with van der Waals surface area (Å²) in [6.45, 7) is 15.5.